The minimum absolute atomic E-state index is 0.330. The van der Waals surface area contributed by atoms with Crippen LogP contribution in [-0.4, -0.2) is 46.4 Å². The molecule has 1 aromatic heterocycles. The Morgan fingerprint density at radius 1 is 1.11 bits per heavy atom. The van der Waals surface area contributed by atoms with E-state index in [0.717, 1.165) is 22.7 Å². The predicted molar refractivity (Wildman–Crippen MR) is 147 cm³/mol. The van der Waals surface area contributed by atoms with Gasteiger partial charge in [-0.3, -0.25) is 0 Å². The summed E-state index contributed by atoms with van der Waals surface area (Å²) in [6.07, 6.45) is 1.46. The van der Waals surface area contributed by atoms with Crippen molar-refractivity contribution in [2.75, 3.05) is 29.6 Å². The number of hydrogen-bond acceptors (Lipinski definition) is 9. The molecule has 2 aliphatic rings. The van der Waals surface area contributed by atoms with Crippen LogP contribution in [0.15, 0.2) is 36.4 Å². The number of aromatic nitrogens is 2. The van der Waals surface area contributed by atoms with Crippen LogP contribution in [0.2, 0.25) is 0 Å². The van der Waals surface area contributed by atoms with Crippen molar-refractivity contribution in [3.63, 3.8) is 0 Å². The van der Waals surface area contributed by atoms with Gasteiger partial charge in [-0.25, -0.2) is 9.78 Å². The molecule has 0 aliphatic carbocycles. The lowest BCUT2D eigenvalue weighted by Gasteiger charge is -2.32. The molecule has 2 aromatic carbocycles. The number of benzene rings is 2. The molecule has 10 nitrogen and oxygen atoms in total. The minimum Gasteiger partial charge on any atom is -0.497 e. The van der Waals surface area contributed by atoms with Crippen molar-refractivity contribution in [3.05, 3.63) is 64.3 Å². The first kappa shape index (κ1) is 25.3. The third-order valence-corrected chi connectivity index (χ3v) is 6.63. The first-order valence-electron chi connectivity index (χ1n) is 12.6. The number of anilines is 4. The second-order valence-corrected chi connectivity index (χ2v) is 10.6. The largest absolute Gasteiger partial charge is 0.497 e. The average Bonchev–Trinajstić information content (AvgIpc) is 3.31. The van der Waals surface area contributed by atoms with E-state index in [9.17, 15) is 4.79 Å². The molecule has 3 aromatic rings. The van der Waals surface area contributed by atoms with Gasteiger partial charge in [-0.05, 0) is 68.7 Å². The van der Waals surface area contributed by atoms with E-state index in [1.807, 2.05) is 45.0 Å². The summed E-state index contributed by atoms with van der Waals surface area (Å²) in [5.74, 6) is 2.08. The van der Waals surface area contributed by atoms with Crippen molar-refractivity contribution in [2.24, 2.45) is 0 Å². The summed E-state index contributed by atoms with van der Waals surface area (Å²) in [5.41, 5.74) is 11.5. The van der Waals surface area contributed by atoms with Crippen LogP contribution in [0.5, 0.6) is 5.75 Å². The van der Waals surface area contributed by atoms with E-state index >= 15 is 0 Å². The van der Waals surface area contributed by atoms with Gasteiger partial charge in [-0.15, -0.1) is 0 Å². The summed E-state index contributed by atoms with van der Waals surface area (Å²) in [6.45, 7) is 7.74. The van der Waals surface area contributed by atoms with E-state index in [2.05, 4.69) is 16.3 Å². The van der Waals surface area contributed by atoms with Crippen LogP contribution in [0.1, 0.15) is 48.7 Å². The maximum absolute atomic E-state index is 12.8. The first-order valence-corrected chi connectivity index (χ1v) is 12.6. The molecule has 0 fully saturated rings. The summed E-state index contributed by atoms with van der Waals surface area (Å²) in [5, 5.41) is 11.1. The van der Waals surface area contributed by atoms with Crippen LogP contribution in [0, 0.1) is 5.41 Å². The van der Waals surface area contributed by atoms with E-state index in [1.54, 1.807) is 18.1 Å². The molecule has 0 radical (unpaired) electrons. The standard InChI is InChI=1S/C28H33N7O3/c1-28(2,3)38-27(36)34-10-9-22-24(16-34)32-26(35-14-17-5-7-21(37-4)12-19(17)15-35)33-25(22)31-20-6-8-23(30)18(11-20)13-29/h5-8,11-13,29H,9-10,14-16,30H2,1-4H3,(H,31,32,33). The number of carbonyl (C=O) groups is 1. The van der Waals surface area contributed by atoms with Gasteiger partial charge in [0.2, 0.25) is 5.95 Å². The smallest absolute Gasteiger partial charge is 0.410 e. The lowest BCUT2D eigenvalue weighted by molar-refractivity contribution is 0.0221. The maximum atomic E-state index is 12.8. The molecule has 0 atom stereocenters. The molecule has 5 rings (SSSR count). The first-order chi connectivity index (χ1) is 18.1. The number of amides is 1. The van der Waals surface area contributed by atoms with E-state index in [-0.39, 0.29) is 6.09 Å². The van der Waals surface area contributed by atoms with Crippen LogP contribution in [-0.2, 0) is 30.8 Å². The number of fused-ring (bicyclic) bond motifs is 2. The number of nitrogens with one attached hydrogen (secondary N) is 2. The van der Waals surface area contributed by atoms with Gasteiger partial charge in [0.15, 0.2) is 0 Å². The van der Waals surface area contributed by atoms with Crippen LogP contribution in [0.3, 0.4) is 0 Å². The predicted octanol–water partition coefficient (Wildman–Crippen LogP) is 4.62. The topological polar surface area (TPSA) is 130 Å². The van der Waals surface area contributed by atoms with Crippen molar-refractivity contribution in [1.29, 1.82) is 5.41 Å². The van der Waals surface area contributed by atoms with Gasteiger partial charge < -0.3 is 35.7 Å². The molecule has 0 spiro atoms. The molecular weight excluding hydrogens is 482 g/mol. The highest BCUT2D eigenvalue weighted by atomic mass is 16.6. The zero-order valence-corrected chi connectivity index (χ0v) is 22.2. The lowest BCUT2D eigenvalue weighted by Crippen LogP contribution is -2.40. The Morgan fingerprint density at radius 3 is 2.63 bits per heavy atom. The Kier molecular flexibility index (Phi) is 6.56. The zero-order valence-electron chi connectivity index (χ0n) is 22.2. The lowest BCUT2D eigenvalue weighted by atomic mass is 10.1. The van der Waals surface area contributed by atoms with Crippen LogP contribution < -0.4 is 20.7 Å². The number of hydrogen-bond donors (Lipinski definition) is 3. The highest BCUT2D eigenvalue weighted by molar-refractivity contribution is 5.87. The quantitative estimate of drug-likeness (QED) is 0.331. The number of methoxy groups -OCH3 is 1. The fraction of sp³-hybridized carbons (Fsp3) is 0.357. The Hall–Kier alpha value is -4.34. The van der Waals surface area contributed by atoms with Crippen LogP contribution in [0.4, 0.5) is 27.9 Å². The Morgan fingerprint density at radius 2 is 1.89 bits per heavy atom. The molecule has 0 unspecified atom stereocenters. The van der Waals surface area contributed by atoms with Crippen LogP contribution in [0.25, 0.3) is 0 Å². The van der Waals surface area contributed by atoms with Crippen molar-refractivity contribution < 1.29 is 14.3 Å². The van der Waals surface area contributed by atoms with E-state index in [4.69, 9.17) is 30.6 Å². The monoisotopic (exact) mass is 515 g/mol. The fourth-order valence-electron chi connectivity index (χ4n) is 4.70. The fourth-order valence-corrected chi connectivity index (χ4v) is 4.70. The molecule has 2 aliphatic heterocycles. The molecule has 0 bridgehead atoms. The van der Waals surface area contributed by atoms with E-state index in [1.165, 1.54) is 17.3 Å². The maximum Gasteiger partial charge on any atom is 0.410 e. The molecule has 38 heavy (non-hydrogen) atoms. The zero-order chi connectivity index (χ0) is 27.0. The number of rotatable bonds is 5. The number of nitrogens with two attached hydrogens (primary N) is 1. The van der Waals surface area contributed by atoms with Gasteiger partial charge in [0, 0.05) is 48.4 Å². The summed E-state index contributed by atoms with van der Waals surface area (Å²) in [7, 11) is 1.66. The molecule has 0 saturated carbocycles. The Balaban J connectivity index is 1.49. The Bertz CT molecular complexity index is 1400. The van der Waals surface area contributed by atoms with Gasteiger partial charge in [0.1, 0.15) is 17.2 Å². The Labute approximate surface area is 222 Å². The van der Waals surface area contributed by atoms with E-state index in [0.29, 0.717) is 55.6 Å². The number of ether oxygens (including phenoxy) is 2. The van der Waals surface area contributed by atoms with Gasteiger partial charge in [0.05, 0.1) is 19.3 Å². The summed E-state index contributed by atoms with van der Waals surface area (Å²) < 4.78 is 11.0. The molecular formula is C28H33N7O3. The van der Waals surface area contributed by atoms with Crippen LogP contribution >= 0.6 is 0 Å². The van der Waals surface area contributed by atoms with Gasteiger partial charge in [-0.1, -0.05) is 6.07 Å². The average molecular weight is 516 g/mol. The van der Waals surface area contributed by atoms with Gasteiger partial charge in [-0.2, -0.15) is 4.98 Å². The highest BCUT2D eigenvalue weighted by Crippen LogP contribution is 2.34. The SMILES string of the molecule is COc1ccc2c(c1)CN(c1nc3c(c(Nc4ccc(N)c(C=N)c4)n1)CCN(C(=O)OC(C)(C)C)C3)C2. The van der Waals surface area contributed by atoms with Crippen molar-refractivity contribution >= 4 is 35.4 Å². The number of nitrogens with zero attached hydrogens (tertiary/aromatic N) is 4. The second-order valence-electron chi connectivity index (χ2n) is 10.6. The number of nitrogen functional groups attached to an aromatic ring is 1. The van der Waals surface area contributed by atoms with Gasteiger partial charge in [0.25, 0.3) is 0 Å². The van der Waals surface area contributed by atoms with Gasteiger partial charge >= 0.3 is 6.09 Å². The van der Waals surface area contributed by atoms with E-state index < -0.39 is 5.60 Å². The number of carbonyl (C=O) groups excluding carboxylic acids is 1. The second kappa shape index (κ2) is 9.85. The third kappa shape index (κ3) is 5.20. The molecule has 198 valence electrons. The molecule has 1 amide bonds. The minimum atomic E-state index is -0.578. The summed E-state index contributed by atoms with van der Waals surface area (Å²) >= 11 is 0. The summed E-state index contributed by atoms with van der Waals surface area (Å²) in [6, 6.07) is 11.5. The van der Waals surface area contributed by atoms with Crippen molar-refractivity contribution in [1.82, 2.24) is 14.9 Å². The molecule has 10 heteroatoms. The molecule has 3 heterocycles. The van der Waals surface area contributed by atoms with Crippen molar-refractivity contribution in [2.45, 2.75) is 52.4 Å². The normalized spacial score (nSPS) is 14.5. The molecule has 4 N–H and O–H groups in total. The molecule has 0 saturated heterocycles. The third-order valence-electron chi connectivity index (χ3n) is 6.63. The summed E-state index contributed by atoms with van der Waals surface area (Å²) in [4.78, 5) is 26.5. The van der Waals surface area contributed by atoms with Crippen molar-refractivity contribution in [3.8, 4) is 5.75 Å². The highest BCUT2D eigenvalue weighted by Gasteiger charge is 2.30.